The van der Waals surface area contributed by atoms with Crippen LogP contribution in [0.4, 0.5) is 10.5 Å². The number of hydrogen-bond acceptors (Lipinski definition) is 5. The van der Waals surface area contributed by atoms with Gasteiger partial charge in [-0.05, 0) is 51.2 Å². The van der Waals surface area contributed by atoms with Gasteiger partial charge in [-0.25, -0.2) is 9.59 Å². The monoisotopic (exact) mass is 353 g/mol. The number of anilines is 1. The van der Waals surface area contributed by atoms with Crippen molar-refractivity contribution in [3.05, 3.63) is 29.8 Å². The molecule has 24 heavy (non-hydrogen) atoms. The van der Waals surface area contributed by atoms with Gasteiger partial charge in [0.25, 0.3) is 0 Å². The second-order valence-electron chi connectivity index (χ2n) is 5.88. The van der Waals surface area contributed by atoms with Crippen molar-refractivity contribution in [1.29, 1.82) is 0 Å². The lowest BCUT2D eigenvalue weighted by Crippen LogP contribution is -2.39. The van der Waals surface area contributed by atoms with Crippen molar-refractivity contribution < 1.29 is 19.1 Å². The van der Waals surface area contributed by atoms with Gasteiger partial charge in [-0.3, -0.25) is 0 Å². The fourth-order valence-corrected chi connectivity index (χ4v) is 1.89. The summed E-state index contributed by atoms with van der Waals surface area (Å²) in [6.45, 7) is 6.19. The van der Waals surface area contributed by atoms with Gasteiger partial charge in [-0.15, -0.1) is 0 Å². The van der Waals surface area contributed by atoms with Crippen LogP contribution in [-0.2, 0) is 9.47 Å². The van der Waals surface area contributed by atoms with Gasteiger partial charge in [0.05, 0.1) is 12.7 Å². The van der Waals surface area contributed by atoms with E-state index in [2.05, 4.69) is 20.7 Å². The zero-order valence-electron chi connectivity index (χ0n) is 14.3. The van der Waals surface area contributed by atoms with Gasteiger partial charge in [0, 0.05) is 18.8 Å². The molecule has 0 unspecified atom stereocenters. The van der Waals surface area contributed by atoms with Crippen LogP contribution in [0.2, 0.25) is 0 Å². The molecule has 0 radical (unpaired) electrons. The third-order valence-corrected chi connectivity index (χ3v) is 2.87. The highest BCUT2D eigenvalue weighted by molar-refractivity contribution is 7.80. The molecule has 1 rings (SSSR count). The van der Waals surface area contributed by atoms with Gasteiger partial charge in [0.15, 0.2) is 5.11 Å². The number of alkyl carbamates (subject to hydrolysis) is 1. The van der Waals surface area contributed by atoms with Gasteiger partial charge >= 0.3 is 12.1 Å². The predicted molar refractivity (Wildman–Crippen MR) is 96.2 cm³/mol. The number of esters is 1. The Morgan fingerprint density at radius 1 is 1.17 bits per heavy atom. The van der Waals surface area contributed by atoms with Crippen molar-refractivity contribution in [3.8, 4) is 0 Å². The second-order valence-corrected chi connectivity index (χ2v) is 6.29. The van der Waals surface area contributed by atoms with Crippen LogP contribution in [0, 0.1) is 0 Å². The number of methoxy groups -OCH3 is 1. The molecule has 1 amide bonds. The molecule has 0 aliphatic heterocycles. The zero-order chi connectivity index (χ0) is 18.2. The molecular formula is C16H23N3O4S. The summed E-state index contributed by atoms with van der Waals surface area (Å²) in [5.41, 5.74) is 0.561. The molecule has 0 heterocycles. The first-order valence-corrected chi connectivity index (χ1v) is 7.82. The lowest BCUT2D eigenvalue weighted by molar-refractivity contribution is 0.0527. The minimum atomic E-state index is -0.529. The molecule has 132 valence electrons. The first-order valence-electron chi connectivity index (χ1n) is 7.41. The molecule has 3 N–H and O–H groups in total. The Labute approximate surface area is 147 Å². The molecule has 0 aliphatic rings. The van der Waals surface area contributed by atoms with Gasteiger partial charge in [0.1, 0.15) is 5.60 Å². The van der Waals surface area contributed by atoms with E-state index in [0.29, 0.717) is 29.5 Å². The van der Waals surface area contributed by atoms with E-state index in [9.17, 15) is 9.59 Å². The molecule has 8 heteroatoms. The van der Waals surface area contributed by atoms with Crippen molar-refractivity contribution >= 4 is 35.1 Å². The first kappa shape index (κ1) is 19.7. The van der Waals surface area contributed by atoms with Crippen molar-refractivity contribution in [1.82, 2.24) is 10.6 Å². The van der Waals surface area contributed by atoms with Gasteiger partial charge in [-0.1, -0.05) is 6.07 Å². The fraction of sp³-hybridized carbons (Fsp3) is 0.438. The minimum Gasteiger partial charge on any atom is -0.465 e. The Morgan fingerprint density at radius 2 is 1.83 bits per heavy atom. The zero-order valence-corrected chi connectivity index (χ0v) is 15.1. The number of nitrogens with one attached hydrogen (secondary N) is 3. The number of amides is 1. The van der Waals surface area contributed by atoms with Crippen LogP contribution in [0.15, 0.2) is 24.3 Å². The van der Waals surface area contributed by atoms with Crippen LogP contribution in [-0.4, -0.2) is 43.0 Å². The molecule has 1 aromatic carbocycles. The first-order chi connectivity index (χ1) is 11.2. The molecule has 0 atom stereocenters. The maximum atomic E-state index is 11.5. The number of ether oxygens (including phenoxy) is 2. The molecule has 0 spiro atoms. The molecule has 0 saturated carbocycles. The number of carbonyl (C=O) groups excluding carboxylic acids is 2. The topological polar surface area (TPSA) is 88.7 Å². The van der Waals surface area contributed by atoms with Crippen LogP contribution in [0.5, 0.6) is 0 Å². The Morgan fingerprint density at radius 3 is 2.46 bits per heavy atom. The minimum absolute atomic E-state index is 0.360. The second kappa shape index (κ2) is 9.07. The summed E-state index contributed by atoms with van der Waals surface area (Å²) < 4.78 is 9.78. The van der Waals surface area contributed by atoms with E-state index in [1.54, 1.807) is 45.0 Å². The van der Waals surface area contributed by atoms with Crippen molar-refractivity contribution in [2.45, 2.75) is 26.4 Å². The van der Waals surface area contributed by atoms with Crippen LogP contribution >= 0.6 is 12.2 Å². The summed E-state index contributed by atoms with van der Waals surface area (Å²) in [7, 11) is 1.33. The van der Waals surface area contributed by atoms with Gasteiger partial charge < -0.3 is 25.4 Å². The van der Waals surface area contributed by atoms with Crippen LogP contribution < -0.4 is 16.0 Å². The fourth-order valence-electron chi connectivity index (χ4n) is 1.67. The molecule has 0 saturated heterocycles. The Bertz CT molecular complexity index is 599. The summed E-state index contributed by atoms with van der Waals surface area (Å²) in [6, 6.07) is 6.79. The molecule has 0 aromatic heterocycles. The normalized spacial score (nSPS) is 10.5. The van der Waals surface area contributed by atoms with Crippen LogP contribution in [0.3, 0.4) is 0 Å². The molecule has 0 bridgehead atoms. The predicted octanol–water partition coefficient (Wildman–Crippen LogP) is 2.28. The highest BCUT2D eigenvalue weighted by Gasteiger charge is 2.15. The quantitative estimate of drug-likeness (QED) is 0.425. The van der Waals surface area contributed by atoms with Crippen molar-refractivity contribution in [2.75, 3.05) is 25.5 Å². The standard InChI is InChI=1S/C16H23N3O4S/c1-16(2,3)23-15(21)18-9-8-17-14(24)19-12-7-5-6-11(10-12)13(20)22-4/h5-7,10H,8-9H2,1-4H3,(H,18,21)(H2,17,19,24). The Balaban J connectivity index is 2.34. The largest absolute Gasteiger partial charge is 0.465 e. The number of benzene rings is 1. The summed E-state index contributed by atoms with van der Waals surface area (Å²) in [5, 5.41) is 8.90. The lowest BCUT2D eigenvalue weighted by Gasteiger charge is -2.19. The molecule has 7 nitrogen and oxygen atoms in total. The Hall–Kier alpha value is -2.35. The Kier molecular flexibility index (Phi) is 7.44. The number of thiocarbonyl (C=S) groups is 1. The SMILES string of the molecule is COC(=O)c1cccc(NC(=S)NCCNC(=O)OC(C)(C)C)c1. The van der Waals surface area contributed by atoms with E-state index in [-0.39, 0.29) is 0 Å². The third kappa shape index (κ3) is 7.77. The average Bonchev–Trinajstić information content (AvgIpc) is 2.49. The number of carbonyl (C=O) groups is 2. The van der Waals surface area contributed by atoms with E-state index < -0.39 is 17.7 Å². The van der Waals surface area contributed by atoms with E-state index in [1.807, 2.05) is 0 Å². The highest BCUT2D eigenvalue weighted by atomic mass is 32.1. The summed E-state index contributed by atoms with van der Waals surface area (Å²) in [5.74, 6) is -0.418. The van der Waals surface area contributed by atoms with Crippen molar-refractivity contribution in [3.63, 3.8) is 0 Å². The lowest BCUT2D eigenvalue weighted by atomic mass is 10.2. The van der Waals surface area contributed by atoms with Crippen molar-refractivity contribution in [2.24, 2.45) is 0 Å². The van der Waals surface area contributed by atoms with E-state index in [1.165, 1.54) is 7.11 Å². The van der Waals surface area contributed by atoms with Crippen LogP contribution in [0.1, 0.15) is 31.1 Å². The summed E-state index contributed by atoms with van der Waals surface area (Å²) in [6.07, 6.45) is -0.478. The third-order valence-electron chi connectivity index (χ3n) is 2.62. The van der Waals surface area contributed by atoms with E-state index >= 15 is 0 Å². The maximum Gasteiger partial charge on any atom is 0.407 e. The summed E-state index contributed by atoms with van der Waals surface area (Å²) >= 11 is 5.16. The maximum absolute atomic E-state index is 11.5. The molecule has 1 aromatic rings. The number of hydrogen-bond donors (Lipinski definition) is 3. The van der Waals surface area contributed by atoms with Gasteiger partial charge in [0.2, 0.25) is 0 Å². The molecule has 0 fully saturated rings. The van der Waals surface area contributed by atoms with Crippen LogP contribution in [0.25, 0.3) is 0 Å². The summed E-state index contributed by atoms with van der Waals surface area (Å²) in [4.78, 5) is 22.9. The average molecular weight is 353 g/mol. The van der Waals surface area contributed by atoms with Gasteiger partial charge in [-0.2, -0.15) is 0 Å². The van der Waals surface area contributed by atoms with E-state index in [0.717, 1.165) is 0 Å². The van der Waals surface area contributed by atoms with E-state index in [4.69, 9.17) is 17.0 Å². The molecular weight excluding hydrogens is 330 g/mol. The molecule has 0 aliphatic carbocycles. The highest BCUT2D eigenvalue weighted by Crippen LogP contribution is 2.11. The number of rotatable bonds is 5. The smallest absolute Gasteiger partial charge is 0.407 e.